The molecule has 2 heterocycles. The molecule has 5 heteroatoms. The molecule has 1 saturated heterocycles. The first kappa shape index (κ1) is 17.1. The molecule has 1 atom stereocenters. The summed E-state index contributed by atoms with van der Waals surface area (Å²) in [5.74, 6) is 1.25. The summed E-state index contributed by atoms with van der Waals surface area (Å²) in [6.07, 6.45) is 0.928. The second-order valence-electron chi connectivity index (χ2n) is 6.25. The van der Waals surface area contributed by atoms with E-state index < -0.39 is 0 Å². The number of carbonyl (C=O) groups is 1. The van der Waals surface area contributed by atoms with Gasteiger partial charge in [0.1, 0.15) is 5.76 Å². The Kier molecular flexibility index (Phi) is 5.63. The lowest BCUT2D eigenvalue weighted by molar-refractivity contribution is -0.124. The van der Waals surface area contributed by atoms with Crippen molar-refractivity contribution in [2.45, 2.75) is 36.8 Å². The van der Waals surface area contributed by atoms with Crippen LogP contribution in [-0.4, -0.2) is 30.4 Å². The molecule has 24 heavy (non-hydrogen) atoms. The number of nitrogens with one attached hydrogen (secondary N) is 1. The Hall–Kier alpha value is -1.72. The number of hydrogen-bond donors (Lipinski definition) is 1. The van der Waals surface area contributed by atoms with Gasteiger partial charge in [0.15, 0.2) is 5.09 Å². The average Bonchev–Trinajstić information content (AvgIpc) is 3.20. The van der Waals surface area contributed by atoms with Crippen LogP contribution in [0.5, 0.6) is 0 Å². The van der Waals surface area contributed by atoms with Gasteiger partial charge in [-0.1, -0.05) is 29.5 Å². The molecule has 1 aromatic carbocycles. The van der Waals surface area contributed by atoms with Crippen molar-refractivity contribution in [2.24, 2.45) is 5.92 Å². The molecule has 0 spiro atoms. The van der Waals surface area contributed by atoms with Gasteiger partial charge in [0.05, 0.1) is 12.5 Å². The van der Waals surface area contributed by atoms with Crippen LogP contribution in [0.2, 0.25) is 0 Å². The normalized spacial score (nSPS) is 18.0. The van der Waals surface area contributed by atoms with Crippen molar-refractivity contribution < 1.29 is 9.21 Å². The Bertz CT molecular complexity index is 681. The highest BCUT2D eigenvalue weighted by molar-refractivity contribution is 7.99. The molecular formula is C19H24N2O2S. The molecule has 1 aliphatic heterocycles. The predicted molar refractivity (Wildman–Crippen MR) is 96.1 cm³/mol. The van der Waals surface area contributed by atoms with E-state index in [1.54, 1.807) is 11.8 Å². The van der Waals surface area contributed by atoms with Gasteiger partial charge in [0.25, 0.3) is 0 Å². The van der Waals surface area contributed by atoms with E-state index in [9.17, 15) is 4.79 Å². The Balaban J connectivity index is 1.53. The van der Waals surface area contributed by atoms with Crippen LogP contribution in [0, 0.1) is 12.8 Å². The number of rotatable bonds is 6. The molecule has 0 bridgehead atoms. The third-order valence-electron chi connectivity index (χ3n) is 4.25. The maximum absolute atomic E-state index is 11.9. The van der Waals surface area contributed by atoms with Crippen molar-refractivity contribution in [1.29, 1.82) is 0 Å². The Labute approximate surface area is 147 Å². The highest BCUT2D eigenvalue weighted by Gasteiger charge is 2.28. The summed E-state index contributed by atoms with van der Waals surface area (Å²) < 4.78 is 5.94. The molecule has 1 aliphatic rings. The summed E-state index contributed by atoms with van der Waals surface area (Å²) in [5, 5.41) is 3.83. The molecular weight excluding hydrogens is 320 g/mol. The summed E-state index contributed by atoms with van der Waals surface area (Å²) in [7, 11) is 0. The molecule has 0 aliphatic carbocycles. The van der Waals surface area contributed by atoms with E-state index in [1.165, 1.54) is 10.5 Å². The molecule has 1 amide bonds. The van der Waals surface area contributed by atoms with E-state index in [-0.39, 0.29) is 11.8 Å². The van der Waals surface area contributed by atoms with E-state index in [0.717, 1.165) is 36.9 Å². The van der Waals surface area contributed by atoms with Crippen LogP contribution in [0.25, 0.3) is 0 Å². The first-order valence-corrected chi connectivity index (χ1v) is 9.29. The van der Waals surface area contributed by atoms with Gasteiger partial charge >= 0.3 is 0 Å². The van der Waals surface area contributed by atoms with Gasteiger partial charge in [-0.2, -0.15) is 0 Å². The van der Waals surface area contributed by atoms with Crippen LogP contribution >= 0.6 is 11.8 Å². The number of furan rings is 1. The fourth-order valence-electron chi connectivity index (χ4n) is 2.95. The van der Waals surface area contributed by atoms with Gasteiger partial charge in [-0.3, -0.25) is 9.69 Å². The molecule has 1 N–H and O–H groups in total. The highest BCUT2D eigenvalue weighted by Crippen LogP contribution is 2.30. The van der Waals surface area contributed by atoms with Crippen LogP contribution in [0.1, 0.15) is 24.7 Å². The summed E-state index contributed by atoms with van der Waals surface area (Å²) in [4.78, 5) is 15.4. The molecule has 2 aromatic rings. The van der Waals surface area contributed by atoms with Gasteiger partial charge in [-0.15, -0.1) is 0 Å². The zero-order chi connectivity index (χ0) is 16.9. The van der Waals surface area contributed by atoms with Crippen molar-refractivity contribution in [1.82, 2.24) is 10.2 Å². The fourth-order valence-corrected chi connectivity index (χ4v) is 3.74. The molecule has 4 nitrogen and oxygen atoms in total. The molecule has 0 saturated carbocycles. The number of aryl methyl sites for hydroxylation is 1. The van der Waals surface area contributed by atoms with Crippen LogP contribution in [0.4, 0.5) is 0 Å². The Morgan fingerprint density at radius 1 is 1.29 bits per heavy atom. The number of benzene rings is 1. The first-order valence-electron chi connectivity index (χ1n) is 8.47. The summed E-state index contributed by atoms with van der Waals surface area (Å²) in [6, 6.07) is 12.5. The standard InChI is InChI=1S/C19H24N2O2S/c1-3-20-19(22)15-10-11-21(12-15)13-16-6-9-18(23-16)24-17-7-4-14(2)5-8-17/h4-9,15H,3,10-13H2,1-2H3,(H,20,22). The van der Waals surface area contributed by atoms with Crippen LogP contribution in [0.3, 0.4) is 0 Å². The molecule has 1 fully saturated rings. The van der Waals surface area contributed by atoms with Gasteiger partial charge in [0, 0.05) is 18.0 Å². The summed E-state index contributed by atoms with van der Waals surface area (Å²) in [5.41, 5.74) is 1.26. The maximum Gasteiger partial charge on any atom is 0.224 e. The van der Waals surface area contributed by atoms with Crippen LogP contribution in [-0.2, 0) is 11.3 Å². The Morgan fingerprint density at radius 2 is 2.08 bits per heavy atom. The van der Waals surface area contributed by atoms with E-state index >= 15 is 0 Å². The smallest absolute Gasteiger partial charge is 0.224 e. The molecule has 0 radical (unpaired) electrons. The topological polar surface area (TPSA) is 45.5 Å². The maximum atomic E-state index is 11.9. The lowest BCUT2D eigenvalue weighted by Crippen LogP contribution is -2.32. The number of carbonyl (C=O) groups excluding carboxylic acids is 1. The number of likely N-dealkylation sites (tertiary alicyclic amines) is 1. The fraction of sp³-hybridized carbons (Fsp3) is 0.421. The highest BCUT2D eigenvalue weighted by atomic mass is 32.2. The van der Waals surface area contributed by atoms with E-state index in [2.05, 4.69) is 41.4 Å². The lowest BCUT2D eigenvalue weighted by atomic mass is 10.1. The minimum atomic E-state index is 0.112. The van der Waals surface area contributed by atoms with Crippen molar-refractivity contribution in [2.75, 3.05) is 19.6 Å². The largest absolute Gasteiger partial charge is 0.453 e. The van der Waals surface area contributed by atoms with E-state index in [4.69, 9.17) is 4.42 Å². The second kappa shape index (κ2) is 7.90. The third kappa shape index (κ3) is 4.42. The monoisotopic (exact) mass is 344 g/mol. The summed E-state index contributed by atoms with van der Waals surface area (Å²) in [6.45, 7) is 7.28. The minimum absolute atomic E-state index is 0.112. The zero-order valence-corrected chi connectivity index (χ0v) is 15.1. The number of nitrogens with zero attached hydrogens (tertiary/aromatic N) is 1. The Morgan fingerprint density at radius 3 is 2.83 bits per heavy atom. The zero-order valence-electron chi connectivity index (χ0n) is 14.2. The minimum Gasteiger partial charge on any atom is -0.453 e. The number of amides is 1. The molecule has 3 rings (SSSR count). The lowest BCUT2D eigenvalue weighted by Gasteiger charge is -2.14. The van der Waals surface area contributed by atoms with Crippen LogP contribution < -0.4 is 5.32 Å². The van der Waals surface area contributed by atoms with Gasteiger partial charge < -0.3 is 9.73 Å². The van der Waals surface area contributed by atoms with Crippen molar-refractivity contribution in [3.63, 3.8) is 0 Å². The van der Waals surface area contributed by atoms with E-state index in [1.807, 2.05) is 19.1 Å². The summed E-state index contributed by atoms with van der Waals surface area (Å²) >= 11 is 1.64. The predicted octanol–water partition coefficient (Wildman–Crippen LogP) is 3.70. The van der Waals surface area contributed by atoms with E-state index in [0.29, 0.717) is 6.54 Å². The van der Waals surface area contributed by atoms with Crippen molar-refractivity contribution >= 4 is 17.7 Å². The number of hydrogen-bond acceptors (Lipinski definition) is 4. The average molecular weight is 344 g/mol. The van der Waals surface area contributed by atoms with Crippen LogP contribution in [0.15, 0.2) is 50.8 Å². The van der Waals surface area contributed by atoms with Gasteiger partial charge in [0.2, 0.25) is 5.91 Å². The molecule has 1 aromatic heterocycles. The quantitative estimate of drug-likeness (QED) is 0.868. The molecule has 1 unspecified atom stereocenters. The van der Waals surface area contributed by atoms with Gasteiger partial charge in [-0.05, 0) is 51.1 Å². The second-order valence-corrected chi connectivity index (χ2v) is 7.33. The third-order valence-corrected chi connectivity index (χ3v) is 5.18. The van der Waals surface area contributed by atoms with Crippen molar-refractivity contribution in [3.8, 4) is 0 Å². The van der Waals surface area contributed by atoms with Crippen molar-refractivity contribution in [3.05, 3.63) is 47.7 Å². The van der Waals surface area contributed by atoms with Gasteiger partial charge in [-0.25, -0.2) is 0 Å². The molecule has 128 valence electrons. The SMILES string of the molecule is CCNC(=O)C1CCN(Cc2ccc(Sc3ccc(C)cc3)o2)C1. The first-order chi connectivity index (χ1) is 11.6.